The quantitative estimate of drug-likeness (QED) is 0.621. The Morgan fingerprint density at radius 1 is 1.36 bits per heavy atom. The second-order valence-electron chi connectivity index (χ2n) is 8.77. The van der Waals surface area contributed by atoms with E-state index in [0.29, 0.717) is 22.9 Å². The predicted octanol–water partition coefficient (Wildman–Crippen LogP) is 2.66. The second-order valence-corrected chi connectivity index (χ2v) is 8.77. The van der Waals surface area contributed by atoms with Crippen LogP contribution in [-0.4, -0.2) is 64.2 Å². The first-order valence-corrected chi connectivity index (χ1v) is 11.0. The maximum absolute atomic E-state index is 13.2. The summed E-state index contributed by atoms with van der Waals surface area (Å²) in [4.78, 5) is 35.4. The summed E-state index contributed by atoms with van der Waals surface area (Å²) < 4.78 is 13.2. The van der Waals surface area contributed by atoms with E-state index in [1.54, 1.807) is 32.6 Å². The summed E-state index contributed by atoms with van der Waals surface area (Å²) in [5.41, 5.74) is 3.12. The molecule has 4 atom stereocenters. The topological polar surface area (TPSA) is 107 Å². The van der Waals surface area contributed by atoms with E-state index in [0.717, 1.165) is 11.1 Å². The molecule has 2 aliphatic rings. The summed E-state index contributed by atoms with van der Waals surface area (Å²) in [5.74, 6) is -1.03. The van der Waals surface area contributed by atoms with Gasteiger partial charge in [0.05, 0.1) is 23.6 Å². The molecule has 174 valence electrons. The highest BCUT2D eigenvalue weighted by molar-refractivity contribution is 6.02. The number of anilines is 1. The first kappa shape index (κ1) is 22.8. The molecule has 0 bridgehead atoms. The Bertz CT molecular complexity index is 1180. The Kier molecular flexibility index (Phi) is 6.16. The van der Waals surface area contributed by atoms with Crippen LogP contribution in [0.25, 0.3) is 16.5 Å². The highest BCUT2D eigenvalue weighted by Crippen LogP contribution is 2.35. The third-order valence-corrected chi connectivity index (χ3v) is 6.01. The van der Waals surface area contributed by atoms with Crippen LogP contribution in [0, 0.1) is 5.92 Å². The van der Waals surface area contributed by atoms with Crippen LogP contribution in [0.1, 0.15) is 42.7 Å². The molecule has 8 nitrogen and oxygen atoms in total. The smallest absolute Gasteiger partial charge is 0.272 e. The molecule has 4 rings (SSSR count). The molecule has 1 aliphatic carbocycles. The number of dihydropyridines is 1. The molecule has 2 amide bonds. The molecule has 1 aliphatic heterocycles. The number of allylic oxidation sites excluding steroid dienone is 2. The number of nitrogens with zero attached hydrogens (tertiary/aromatic N) is 3. The van der Waals surface area contributed by atoms with Gasteiger partial charge in [0.1, 0.15) is 17.7 Å². The number of amides is 2. The number of carbonyl (C=O) groups is 2. The Morgan fingerprint density at radius 3 is 2.70 bits per heavy atom. The number of alkyl halides is 1. The van der Waals surface area contributed by atoms with E-state index < -0.39 is 24.1 Å². The molecule has 2 aromatic rings. The maximum Gasteiger partial charge on any atom is 0.272 e. The van der Waals surface area contributed by atoms with Crippen LogP contribution in [0.3, 0.4) is 0 Å². The molecular weight excluding hydrogens is 425 g/mol. The standard InChI is InChI=1S/C24H28FN5O3/c1-5-20(31)19-6-12(2)16(11-26-19)14-7-13-10-27-21(29-23(32)15-8-17(15)25)9-18(13)28-22(14)24(33)30(3)4/h6-7,9-11,15,17,19-20,26,31H,5,8H2,1-4H3,(H,27,29,32). The Morgan fingerprint density at radius 2 is 2.09 bits per heavy atom. The fourth-order valence-corrected chi connectivity index (χ4v) is 3.84. The number of carbonyl (C=O) groups excluding carboxylic acids is 2. The van der Waals surface area contributed by atoms with Crippen molar-refractivity contribution >= 4 is 34.1 Å². The van der Waals surface area contributed by atoms with Gasteiger partial charge in [-0.3, -0.25) is 9.59 Å². The van der Waals surface area contributed by atoms with Crippen molar-refractivity contribution in [2.75, 3.05) is 19.4 Å². The van der Waals surface area contributed by atoms with Crippen molar-refractivity contribution < 1.29 is 19.1 Å². The summed E-state index contributed by atoms with van der Waals surface area (Å²) in [7, 11) is 3.31. The number of rotatable bonds is 6. The monoisotopic (exact) mass is 453 g/mol. The van der Waals surface area contributed by atoms with Gasteiger partial charge in [-0.15, -0.1) is 0 Å². The Labute approximate surface area is 191 Å². The maximum atomic E-state index is 13.2. The minimum Gasteiger partial charge on any atom is -0.391 e. The van der Waals surface area contributed by atoms with E-state index in [1.165, 1.54) is 4.90 Å². The van der Waals surface area contributed by atoms with E-state index in [2.05, 4.69) is 20.6 Å². The Balaban J connectivity index is 1.73. The van der Waals surface area contributed by atoms with Crippen molar-refractivity contribution in [1.82, 2.24) is 20.2 Å². The second kappa shape index (κ2) is 8.90. The number of hydrogen-bond acceptors (Lipinski definition) is 6. The number of aromatic nitrogens is 2. The third kappa shape index (κ3) is 4.59. The fraction of sp³-hybridized carbons (Fsp3) is 0.417. The van der Waals surface area contributed by atoms with Crippen molar-refractivity contribution in [3.05, 3.63) is 47.4 Å². The average molecular weight is 454 g/mol. The Hall–Kier alpha value is -3.33. The largest absolute Gasteiger partial charge is 0.391 e. The number of nitrogens with one attached hydrogen (secondary N) is 2. The highest BCUT2D eigenvalue weighted by Gasteiger charge is 2.43. The molecule has 33 heavy (non-hydrogen) atoms. The van der Waals surface area contributed by atoms with E-state index in [-0.39, 0.29) is 29.9 Å². The molecular formula is C24H28FN5O3. The van der Waals surface area contributed by atoms with Crippen LogP contribution in [0.15, 0.2) is 36.2 Å². The summed E-state index contributed by atoms with van der Waals surface area (Å²) in [6.07, 6.45) is 4.56. The molecule has 0 saturated heterocycles. The molecule has 2 aromatic heterocycles. The molecule has 9 heteroatoms. The van der Waals surface area contributed by atoms with Crippen molar-refractivity contribution in [3.63, 3.8) is 0 Å². The van der Waals surface area contributed by atoms with Crippen LogP contribution in [0.4, 0.5) is 10.2 Å². The van der Waals surface area contributed by atoms with Crippen LogP contribution in [0.2, 0.25) is 0 Å². The molecule has 1 fully saturated rings. The minimum atomic E-state index is -1.10. The number of aliphatic hydroxyl groups excluding tert-OH is 1. The van der Waals surface area contributed by atoms with Gasteiger partial charge in [0.2, 0.25) is 5.91 Å². The average Bonchev–Trinajstić information content (AvgIpc) is 3.53. The zero-order valence-electron chi connectivity index (χ0n) is 19.1. The van der Waals surface area contributed by atoms with Gasteiger partial charge < -0.3 is 20.6 Å². The minimum absolute atomic E-state index is 0.205. The molecule has 0 spiro atoms. The lowest BCUT2D eigenvalue weighted by molar-refractivity contribution is -0.117. The van der Waals surface area contributed by atoms with Gasteiger partial charge in [0.25, 0.3) is 5.91 Å². The molecule has 0 aromatic carbocycles. The molecule has 3 heterocycles. The van der Waals surface area contributed by atoms with Gasteiger partial charge in [0, 0.05) is 49.1 Å². The first-order chi connectivity index (χ1) is 15.7. The van der Waals surface area contributed by atoms with Crippen LogP contribution >= 0.6 is 0 Å². The molecule has 0 radical (unpaired) electrons. The number of hydrogen-bond donors (Lipinski definition) is 3. The molecule has 4 unspecified atom stereocenters. The lowest BCUT2D eigenvalue weighted by Gasteiger charge is -2.26. The third-order valence-electron chi connectivity index (χ3n) is 6.01. The van der Waals surface area contributed by atoms with Crippen molar-refractivity contribution in [3.8, 4) is 0 Å². The van der Waals surface area contributed by atoms with Gasteiger partial charge >= 0.3 is 0 Å². The van der Waals surface area contributed by atoms with Gasteiger partial charge in [0.15, 0.2) is 0 Å². The number of pyridine rings is 2. The van der Waals surface area contributed by atoms with E-state index >= 15 is 0 Å². The molecule has 1 saturated carbocycles. The summed E-state index contributed by atoms with van der Waals surface area (Å²) in [6.45, 7) is 3.85. The lowest BCUT2D eigenvalue weighted by atomic mass is 9.91. The number of halogens is 1. The van der Waals surface area contributed by atoms with Crippen LogP contribution in [-0.2, 0) is 4.79 Å². The zero-order valence-corrected chi connectivity index (χ0v) is 19.1. The van der Waals surface area contributed by atoms with Crippen molar-refractivity contribution in [2.45, 2.75) is 45.0 Å². The van der Waals surface area contributed by atoms with Gasteiger partial charge in [-0.05, 0) is 31.4 Å². The van der Waals surface area contributed by atoms with Gasteiger partial charge in [-0.25, -0.2) is 14.4 Å². The summed E-state index contributed by atoms with van der Waals surface area (Å²) in [5, 5.41) is 16.7. The van der Waals surface area contributed by atoms with Gasteiger partial charge in [-0.2, -0.15) is 0 Å². The van der Waals surface area contributed by atoms with E-state index in [1.807, 2.05) is 26.0 Å². The zero-order chi connectivity index (χ0) is 23.9. The van der Waals surface area contributed by atoms with Crippen LogP contribution < -0.4 is 10.6 Å². The highest BCUT2D eigenvalue weighted by atomic mass is 19.1. The predicted molar refractivity (Wildman–Crippen MR) is 124 cm³/mol. The van der Waals surface area contributed by atoms with Gasteiger partial charge in [-0.1, -0.05) is 13.0 Å². The van der Waals surface area contributed by atoms with Crippen LogP contribution in [0.5, 0.6) is 0 Å². The number of fused-ring (bicyclic) bond motifs is 1. The SMILES string of the molecule is CCC(O)C1C=C(C)C(c2cc3cnc(NC(=O)C4CC4F)cc3nc2C(=O)N(C)C)=CN1. The summed E-state index contributed by atoms with van der Waals surface area (Å²) >= 11 is 0. The summed E-state index contributed by atoms with van der Waals surface area (Å²) in [6, 6.07) is 3.23. The van der Waals surface area contributed by atoms with E-state index in [4.69, 9.17) is 0 Å². The van der Waals surface area contributed by atoms with Crippen molar-refractivity contribution in [1.29, 1.82) is 0 Å². The molecule has 3 N–H and O–H groups in total. The van der Waals surface area contributed by atoms with Crippen molar-refractivity contribution in [2.24, 2.45) is 5.92 Å². The van der Waals surface area contributed by atoms with E-state index in [9.17, 15) is 19.1 Å². The normalized spacial score (nSPS) is 22.7. The lowest BCUT2D eigenvalue weighted by Crippen LogP contribution is -2.37. The number of aliphatic hydroxyl groups is 1. The first-order valence-electron chi connectivity index (χ1n) is 11.0. The fourth-order valence-electron chi connectivity index (χ4n) is 3.84.